The van der Waals surface area contributed by atoms with Gasteiger partial charge in [0.15, 0.2) is 0 Å². The highest BCUT2D eigenvalue weighted by molar-refractivity contribution is 7.89. The number of sulfonamides is 1. The summed E-state index contributed by atoms with van der Waals surface area (Å²) in [7, 11) is -4.33. The highest BCUT2D eigenvalue weighted by Gasteiger charge is 2.36. The lowest BCUT2D eigenvalue weighted by molar-refractivity contribution is -0.387. The minimum absolute atomic E-state index is 0.0446. The van der Waals surface area contributed by atoms with E-state index in [4.69, 9.17) is 5.11 Å². The topological polar surface area (TPSA) is 127 Å². The van der Waals surface area contributed by atoms with Crippen LogP contribution in [0.2, 0.25) is 0 Å². The zero-order valence-corrected chi connectivity index (χ0v) is 12.0. The minimum atomic E-state index is -4.33. The molecular formula is C11H13FN2O6S. The second kappa shape index (κ2) is 5.74. The number of hydrogen-bond donors (Lipinski definition) is 2. The lowest BCUT2D eigenvalue weighted by atomic mass is 10.0. The highest BCUT2D eigenvalue weighted by atomic mass is 32.2. The Labute approximate surface area is 119 Å². The zero-order valence-electron chi connectivity index (χ0n) is 11.2. The van der Waals surface area contributed by atoms with Gasteiger partial charge in [-0.2, -0.15) is 9.11 Å². The van der Waals surface area contributed by atoms with Gasteiger partial charge in [-0.25, -0.2) is 8.42 Å². The lowest BCUT2D eigenvalue weighted by Gasteiger charge is -2.24. The Morgan fingerprint density at radius 2 is 2.10 bits per heavy atom. The van der Waals surface area contributed by atoms with Crippen LogP contribution in [-0.2, 0) is 14.8 Å². The van der Waals surface area contributed by atoms with Gasteiger partial charge in [0.05, 0.1) is 9.82 Å². The fourth-order valence-electron chi connectivity index (χ4n) is 1.43. The Balaban J connectivity index is 3.23. The number of nitro groups is 1. The van der Waals surface area contributed by atoms with Crippen LogP contribution in [0, 0.1) is 15.9 Å². The van der Waals surface area contributed by atoms with Crippen LogP contribution in [-0.4, -0.2) is 30.0 Å². The molecule has 10 heteroatoms. The molecule has 0 heterocycles. The Hall–Kier alpha value is -2.07. The first-order valence-corrected chi connectivity index (χ1v) is 7.23. The Morgan fingerprint density at radius 3 is 2.48 bits per heavy atom. The van der Waals surface area contributed by atoms with Crippen molar-refractivity contribution in [3.8, 4) is 0 Å². The number of carboxylic acid groups (broad SMARTS) is 1. The maximum absolute atomic E-state index is 13.5. The molecule has 1 aromatic carbocycles. The van der Waals surface area contributed by atoms with Gasteiger partial charge in [-0.3, -0.25) is 14.9 Å². The number of aliphatic carboxylic acids is 1. The predicted molar refractivity (Wildman–Crippen MR) is 69.7 cm³/mol. The smallest absolute Gasteiger partial charge is 0.324 e. The molecule has 1 atom stereocenters. The first-order valence-electron chi connectivity index (χ1n) is 5.75. The van der Waals surface area contributed by atoms with Crippen LogP contribution in [0.4, 0.5) is 10.1 Å². The quantitative estimate of drug-likeness (QED) is 0.600. The van der Waals surface area contributed by atoms with Crippen molar-refractivity contribution in [2.24, 2.45) is 0 Å². The summed E-state index contributed by atoms with van der Waals surface area (Å²) >= 11 is 0. The van der Waals surface area contributed by atoms with Crippen LogP contribution in [0.1, 0.15) is 20.3 Å². The summed E-state index contributed by atoms with van der Waals surface area (Å²) in [6.45, 7) is 2.63. The van der Waals surface area contributed by atoms with Gasteiger partial charge in [-0.05, 0) is 19.4 Å². The van der Waals surface area contributed by atoms with Crippen LogP contribution in [0.3, 0.4) is 0 Å². The second-order valence-corrected chi connectivity index (χ2v) is 6.15. The van der Waals surface area contributed by atoms with Crippen molar-refractivity contribution < 1.29 is 27.6 Å². The average Bonchev–Trinajstić information content (AvgIpc) is 2.37. The van der Waals surface area contributed by atoms with Crippen molar-refractivity contribution in [2.75, 3.05) is 0 Å². The predicted octanol–water partition coefficient (Wildman–Crippen LogP) is 1.27. The van der Waals surface area contributed by atoms with Crippen molar-refractivity contribution >= 4 is 21.7 Å². The fraction of sp³-hybridized carbons (Fsp3) is 0.364. The molecule has 2 N–H and O–H groups in total. The van der Waals surface area contributed by atoms with Crippen molar-refractivity contribution in [1.29, 1.82) is 0 Å². The molecular weight excluding hydrogens is 307 g/mol. The largest absolute Gasteiger partial charge is 0.480 e. The highest BCUT2D eigenvalue weighted by Crippen LogP contribution is 2.22. The molecule has 1 rings (SSSR count). The van der Waals surface area contributed by atoms with Gasteiger partial charge in [-0.1, -0.05) is 6.92 Å². The molecule has 0 saturated carbocycles. The van der Waals surface area contributed by atoms with E-state index in [-0.39, 0.29) is 6.42 Å². The molecule has 0 amide bonds. The van der Waals surface area contributed by atoms with Gasteiger partial charge in [-0.15, -0.1) is 0 Å². The molecule has 0 aliphatic carbocycles. The number of nitrogens with zero attached hydrogens (tertiary/aromatic N) is 1. The summed E-state index contributed by atoms with van der Waals surface area (Å²) in [5, 5.41) is 19.5. The molecule has 8 nitrogen and oxygen atoms in total. The number of carbonyl (C=O) groups is 1. The summed E-state index contributed by atoms with van der Waals surface area (Å²) in [5.41, 5.74) is -2.64. The average molecular weight is 320 g/mol. The lowest BCUT2D eigenvalue weighted by Crippen LogP contribution is -2.51. The van der Waals surface area contributed by atoms with E-state index in [1.165, 1.54) is 6.92 Å². The monoisotopic (exact) mass is 320 g/mol. The Kier molecular flexibility index (Phi) is 4.64. The molecule has 0 fully saturated rings. The van der Waals surface area contributed by atoms with E-state index in [2.05, 4.69) is 0 Å². The summed E-state index contributed by atoms with van der Waals surface area (Å²) in [5.74, 6) is -2.72. The zero-order chi connectivity index (χ0) is 16.4. The van der Waals surface area contributed by atoms with E-state index < -0.39 is 42.9 Å². The molecule has 0 aliphatic rings. The van der Waals surface area contributed by atoms with Crippen LogP contribution in [0.15, 0.2) is 23.1 Å². The molecule has 0 bridgehead atoms. The molecule has 0 aliphatic heterocycles. The number of carboxylic acids is 1. The van der Waals surface area contributed by atoms with Gasteiger partial charge in [0.25, 0.3) is 0 Å². The Bertz CT molecular complexity index is 690. The molecule has 0 aromatic heterocycles. The molecule has 1 unspecified atom stereocenters. The molecule has 1 aromatic rings. The third-order valence-electron chi connectivity index (χ3n) is 2.96. The van der Waals surface area contributed by atoms with E-state index in [1.54, 1.807) is 0 Å². The number of benzene rings is 1. The SMILES string of the molecule is CCC(C)(NS(=O)(=O)c1ccc([N+](=O)[O-])c(F)c1)C(=O)O. The van der Waals surface area contributed by atoms with E-state index in [0.29, 0.717) is 12.1 Å². The second-order valence-electron chi connectivity index (χ2n) is 4.47. The molecule has 0 saturated heterocycles. The van der Waals surface area contributed by atoms with E-state index in [0.717, 1.165) is 13.0 Å². The third kappa shape index (κ3) is 3.52. The summed E-state index contributed by atoms with van der Waals surface area (Å²) in [4.78, 5) is 20.0. The van der Waals surface area contributed by atoms with E-state index >= 15 is 0 Å². The molecule has 21 heavy (non-hydrogen) atoms. The van der Waals surface area contributed by atoms with Crippen molar-refractivity contribution in [2.45, 2.75) is 30.7 Å². The van der Waals surface area contributed by atoms with Crippen LogP contribution < -0.4 is 4.72 Å². The van der Waals surface area contributed by atoms with Gasteiger partial charge in [0, 0.05) is 12.1 Å². The fourth-order valence-corrected chi connectivity index (χ4v) is 2.87. The number of nitrogens with one attached hydrogen (secondary N) is 1. The number of hydrogen-bond acceptors (Lipinski definition) is 5. The Morgan fingerprint density at radius 1 is 1.52 bits per heavy atom. The van der Waals surface area contributed by atoms with Gasteiger partial charge in [0.1, 0.15) is 5.54 Å². The summed E-state index contributed by atoms with van der Waals surface area (Å²) < 4.78 is 39.5. The van der Waals surface area contributed by atoms with Crippen molar-refractivity contribution in [3.63, 3.8) is 0 Å². The number of halogens is 1. The summed E-state index contributed by atoms with van der Waals surface area (Å²) in [6, 6.07) is 2.01. The van der Waals surface area contributed by atoms with Gasteiger partial charge >= 0.3 is 11.7 Å². The third-order valence-corrected chi connectivity index (χ3v) is 4.56. The van der Waals surface area contributed by atoms with Gasteiger partial charge < -0.3 is 5.11 Å². The first kappa shape index (κ1) is 17.0. The van der Waals surface area contributed by atoms with Crippen LogP contribution >= 0.6 is 0 Å². The normalized spacial score (nSPS) is 14.4. The first-order chi connectivity index (χ1) is 9.53. The van der Waals surface area contributed by atoms with E-state index in [9.17, 15) is 27.7 Å². The number of nitro benzene ring substituents is 1. The number of rotatable bonds is 6. The minimum Gasteiger partial charge on any atom is -0.480 e. The molecule has 116 valence electrons. The maximum atomic E-state index is 13.5. The van der Waals surface area contributed by atoms with Crippen LogP contribution in [0.25, 0.3) is 0 Å². The van der Waals surface area contributed by atoms with Gasteiger partial charge in [0.2, 0.25) is 15.8 Å². The van der Waals surface area contributed by atoms with Crippen LogP contribution in [0.5, 0.6) is 0 Å². The van der Waals surface area contributed by atoms with E-state index in [1.807, 2.05) is 4.72 Å². The molecule has 0 spiro atoms. The maximum Gasteiger partial charge on any atom is 0.324 e. The molecule has 0 radical (unpaired) electrons. The summed E-state index contributed by atoms with van der Waals surface area (Å²) in [6.07, 6.45) is -0.0446. The van der Waals surface area contributed by atoms with Crippen molar-refractivity contribution in [3.05, 3.63) is 34.1 Å². The standard InChI is InChI=1S/C11H13FN2O6S/c1-3-11(2,10(15)16)13-21(19,20)7-4-5-9(14(17)18)8(12)6-7/h4-6,13H,3H2,1-2H3,(H,15,16). The van der Waals surface area contributed by atoms with Crippen molar-refractivity contribution in [1.82, 2.24) is 4.72 Å².